The topological polar surface area (TPSA) is 394 Å². The first kappa shape index (κ1) is 90.8. The summed E-state index contributed by atoms with van der Waals surface area (Å²) in [6, 6.07) is 0. The Hall–Kier alpha value is 3.28. The molecule has 0 aliphatic rings. The van der Waals surface area contributed by atoms with Gasteiger partial charge in [-0.15, -0.1) is 20.5 Å². The summed E-state index contributed by atoms with van der Waals surface area (Å²) < 4.78 is 67.9. The van der Waals surface area contributed by atoms with E-state index >= 15 is 0 Å². The fraction of sp³-hybridized carbons (Fsp3) is 0. The minimum absolute atomic E-state index is 0. The fourth-order valence-electron chi connectivity index (χ4n) is 0. The van der Waals surface area contributed by atoms with Gasteiger partial charge in [-0.1, -0.05) is 0 Å². The number of hydrogen-bond donors (Lipinski definition) is 6. The number of rotatable bonds is 0. The third-order valence-corrected chi connectivity index (χ3v) is 0. The van der Waals surface area contributed by atoms with Crippen molar-refractivity contribution in [2.45, 2.75) is 0 Å². The van der Waals surface area contributed by atoms with E-state index in [1.165, 1.54) is 0 Å². The van der Waals surface area contributed by atoms with E-state index in [9.17, 15) is 0 Å². The molecule has 0 heterocycles. The summed E-state index contributed by atoms with van der Waals surface area (Å²) in [5.41, 5.74) is 0. The van der Waals surface area contributed by atoms with Crippen LogP contribution in [-0.2, 0) is 19.5 Å². The fourth-order valence-corrected chi connectivity index (χ4v) is 0. The van der Waals surface area contributed by atoms with Crippen LogP contribution in [-0.4, -0.2) is 0 Å². The molecule has 0 unspecified atom stereocenters. The van der Waals surface area contributed by atoms with Crippen LogP contribution in [0.4, 0.5) is 0 Å². The van der Waals surface area contributed by atoms with Gasteiger partial charge in [-0.25, -0.2) is 37.3 Å². The van der Waals surface area contributed by atoms with Crippen LogP contribution in [0.25, 0.3) is 0 Å². The van der Waals surface area contributed by atoms with E-state index in [0.29, 0.717) is 0 Å². The zero-order valence-corrected chi connectivity index (χ0v) is 21.4. The average Bonchev–Trinajstić information content (AvgIpc) is 1.12. The van der Waals surface area contributed by atoms with Crippen LogP contribution < -0.4 is 168 Å². The normalized spacial score (nSPS) is 6.00. The number of halogens is 4. The molecular weight excluding hydrogens is 588 g/mol. The zero-order chi connectivity index (χ0) is 9.00. The second kappa shape index (κ2) is 43.2. The summed E-state index contributed by atoms with van der Waals surface area (Å²) in [7, 11) is -9.89. The monoisotopic (exact) mass is 605 g/mol. The SMILES string of the molecule is N.N.N.N.N.N.[Cl-].[Cl-].[Cs+].[O-][Cl+3]([O-])([O-])[O-].[O-][Cl+3]([O-])([O-])[O-].[Ru+3]. The maximum Gasteiger partial charge on any atom is 3.00 e. The summed E-state index contributed by atoms with van der Waals surface area (Å²) in [5.74, 6) is 0. The van der Waals surface area contributed by atoms with Crippen LogP contribution in [0.15, 0.2) is 0 Å². The Bertz CT molecular complexity index is 81.9. The summed E-state index contributed by atoms with van der Waals surface area (Å²) in [5, 5.41) is 0. The van der Waals surface area contributed by atoms with Gasteiger partial charge in [0.2, 0.25) is 0 Å². The third kappa shape index (κ3) is 815. The second-order valence-corrected chi connectivity index (χ2v) is 2.27. The maximum atomic E-state index is 8.49. The summed E-state index contributed by atoms with van der Waals surface area (Å²) >= 11 is 0. The third-order valence-electron chi connectivity index (χ3n) is 0. The van der Waals surface area contributed by atoms with E-state index in [2.05, 4.69) is 0 Å². The van der Waals surface area contributed by atoms with Gasteiger partial charge in [0, 0.05) is 0 Å². The van der Waals surface area contributed by atoms with E-state index in [0.717, 1.165) is 0 Å². The van der Waals surface area contributed by atoms with Crippen molar-refractivity contribution in [3.63, 3.8) is 0 Å². The Labute approximate surface area is 204 Å². The Morgan fingerprint density at radius 1 is 0.400 bits per heavy atom. The van der Waals surface area contributed by atoms with Gasteiger partial charge in [0.1, 0.15) is 0 Å². The Balaban J connectivity index is -0.00000000427. The summed E-state index contributed by atoms with van der Waals surface area (Å²) in [6.45, 7) is 0. The van der Waals surface area contributed by atoms with Crippen molar-refractivity contribution in [2.24, 2.45) is 0 Å². The quantitative estimate of drug-likeness (QED) is 0.140. The van der Waals surface area contributed by atoms with E-state index in [4.69, 9.17) is 37.3 Å². The molecule has 0 aliphatic carbocycles. The molecule has 14 nitrogen and oxygen atoms in total. The van der Waals surface area contributed by atoms with Crippen LogP contribution in [0.3, 0.4) is 0 Å². The van der Waals surface area contributed by atoms with Gasteiger partial charge in [-0.3, -0.25) is 0 Å². The molecular formula is H18Cl4CsN6O8Ru. The molecule has 20 heteroatoms. The first-order valence-electron chi connectivity index (χ1n) is 1.23. The smallest absolute Gasteiger partial charge is 1.00 e. The van der Waals surface area contributed by atoms with Gasteiger partial charge in [0.15, 0.2) is 0 Å². The minimum atomic E-state index is -4.94. The first-order chi connectivity index (χ1) is 4.00. The van der Waals surface area contributed by atoms with E-state index in [-0.39, 0.29) is 150 Å². The van der Waals surface area contributed by atoms with E-state index in [1.54, 1.807) is 0 Å². The maximum absolute atomic E-state index is 8.49. The van der Waals surface area contributed by atoms with Crippen molar-refractivity contribution in [1.82, 2.24) is 36.9 Å². The second-order valence-electron chi connectivity index (χ2n) is 0.756. The van der Waals surface area contributed by atoms with Gasteiger partial charge in [0.05, 0.1) is 0 Å². The molecule has 0 atom stereocenters. The molecule has 0 fully saturated rings. The van der Waals surface area contributed by atoms with Gasteiger partial charge in [0.25, 0.3) is 0 Å². The van der Waals surface area contributed by atoms with Gasteiger partial charge < -0.3 is 61.7 Å². The number of hydrogen-bond acceptors (Lipinski definition) is 14. The molecule has 20 heavy (non-hydrogen) atoms. The molecule has 0 aromatic rings. The van der Waals surface area contributed by atoms with Crippen LogP contribution >= 0.6 is 0 Å². The van der Waals surface area contributed by atoms with Crippen LogP contribution in [0.1, 0.15) is 0 Å². The molecule has 0 saturated heterocycles. The van der Waals surface area contributed by atoms with Crippen molar-refractivity contribution < 1.29 is 171 Å². The van der Waals surface area contributed by atoms with Crippen molar-refractivity contribution in [3.05, 3.63) is 0 Å². The van der Waals surface area contributed by atoms with E-state index in [1.807, 2.05) is 0 Å². The first-order valence-corrected chi connectivity index (χ1v) is 3.70. The predicted molar refractivity (Wildman–Crippen MR) is 30.1 cm³/mol. The molecule has 0 saturated carbocycles. The molecule has 0 rings (SSSR count). The Morgan fingerprint density at radius 3 is 0.400 bits per heavy atom. The largest absolute Gasteiger partial charge is 3.00 e. The van der Waals surface area contributed by atoms with Crippen molar-refractivity contribution in [2.75, 3.05) is 0 Å². The molecule has 0 amide bonds. The summed E-state index contributed by atoms with van der Waals surface area (Å²) in [6.07, 6.45) is 0. The molecule has 0 aliphatic heterocycles. The van der Waals surface area contributed by atoms with Crippen LogP contribution in [0, 0.1) is 20.5 Å². The Morgan fingerprint density at radius 2 is 0.400 bits per heavy atom. The van der Waals surface area contributed by atoms with Gasteiger partial charge in [-0.2, -0.15) is 0 Å². The predicted octanol–water partition coefficient (Wildman–Crippen LogP) is -17.5. The van der Waals surface area contributed by atoms with Crippen LogP contribution in [0.2, 0.25) is 0 Å². The molecule has 1 radical (unpaired) electrons. The van der Waals surface area contributed by atoms with Crippen LogP contribution in [0.5, 0.6) is 0 Å². The molecule has 133 valence electrons. The standard InChI is InChI=1S/2ClHO4.2ClH.Cs.6H3N.Ru/c2*2-1(3,4)5;;;;;;;;;;/h2*(H,2,3,4,5);2*1H;;6*1H3;/q;;;;+1;;;;;;;+3/p-4. The minimum Gasteiger partial charge on any atom is -1.00 e. The average molecular weight is 606 g/mol. The van der Waals surface area contributed by atoms with Crippen molar-refractivity contribution in [3.8, 4) is 0 Å². The van der Waals surface area contributed by atoms with Crippen molar-refractivity contribution >= 4 is 0 Å². The molecule has 0 aromatic heterocycles. The zero-order valence-electron chi connectivity index (χ0n) is 10.4. The summed E-state index contributed by atoms with van der Waals surface area (Å²) in [4.78, 5) is 0. The van der Waals surface area contributed by atoms with Crippen molar-refractivity contribution in [1.29, 1.82) is 0 Å². The molecule has 0 spiro atoms. The van der Waals surface area contributed by atoms with Gasteiger partial charge in [-0.05, 0) is 0 Å². The molecule has 0 aromatic carbocycles. The molecule has 0 bridgehead atoms. The van der Waals surface area contributed by atoms with Gasteiger partial charge >= 0.3 is 88.4 Å². The molecule has 18 N–H and O–H groups in total. The van der Waals surface area contributed by atoms with E-state index < -0.39 is 20.5 Å². The Kier molecular flexibility index (Phi) is 196.